The first-order valence-corrected chi connectivity index (χ1v) is 29.2. The van der Waals surface area contributed by atoms with Gasteiger partial charge in [-0.15, -0.1) is 0 Å². The van der Waals surface area contributed by atoms with Crippen LogP contribution in [0.25, 0.3) is 0 Å². The smallest absolute Gasteiger partial charge is 0.338 e. The molecule has 0 amide bonds. The van der Waals surface area contributed by atoms with E-state index < -0.39 is 175 Å². The van der Waals surface area contributed by atoms with Crippen LogP contribution in [-0.4, -0.2) is 214 Å². The van der Waals surface area contributed by atoms with Gasteiger partial charge < -0.3 is 92.6 Å². The van der Waals surface area contributed by atoms with E-state index >= 15 is 0 Å². The van der Waals surface area contributed by atoms with Crippen LogP contribution in [0, 0.1) is 16.7 Å². The lowest BCUT2D eigenvalue weighted by Crippen LogP contribution is -2.63. The zero-order valence-electron chi connectivity index (χ0n) is 48.8. The van der Waals surface area contributed by atoms with Crippen molar-refractivity contribution in [3.63, 3.8) is 0 Å². The van der Waals surface area contributed by atoms with E-state index in [1.807, 2.05) is 0 Å². The number of carbonyl (C=O) groups is 4. The number of benzene rings is 2. The number of carbonyl (C=O) groups excluding carboxylic acids is 4. The van der Waals surface area contributed by atoms with Crippen molar-refractivity contribution in [1.82, 2.24) is 0 Å². The van der Waals surface area contributed by atoms with Crippen LogP contribution in [0.2, 0.25) is 0 Å². The molecule has 0 aromatic heterocycles. The molecular weight excluding hydrogens is 1100 g/mol. The van der Waals surface area contributed by atoms with Gasteiger partial charge in [0.1, 0.15) is 66.3 Å². The van der Waals surface area contributed by atoms with E-state index in [1.54, 1.807) is 88.4 Å². The van der Waals surface area contributed by atoms with Crippen LogP contribution in [0.1, 0.15) is 120 Å². The SMILES string of the molecule is CO[C@H]1C[C@H](O[C@H]2[C@@H](O)C[C@H](O[C@H]3CC[C@]4(C)C(C[C@@H](OC(=O)c5ccccc5)[C@@]5(C)C(=O)CC[C@@]5(O)[C@H](C)OC(=O)c5ccccc5)C(=O)C=C[C@]4(O)C3)O[C@@H]2C)O[C@H](C)[C@H]1O[C@H]1C[C@@H](OC)[C@@H](O[C@@H]2O[C@H](CO)[C@@H](O)[C@H](O)[C@H]2O)[C@H](C)O1. The third-order valence-corrected chi connectivity index (χ3v) is 19.3. The Morgan fingerprint density at radius 3 is 1.77 bits per heavy atom. The lowest BCUT2D eigenvalue weighted by atomic mass is 9.52. The van der Waals surface area contributed by atoms with Crippen LogP contribution >= 0.6 is 0 Å². The molecule has 84 heavy (non-hydrogen) atoms. The van der Waals surface area contributed by atoms with Gasteiger partial charge in [0.2, 0.25) is 0 Å². The number of ether oxygens (including phenoxy) is 12. The number of esters is 2. The Hall–Kier alpha value is -4.22. The number of methoxy groups -OCH3 is 2. The van der Waals surface area contributed by atoms with Gasteiger partial charge in [0.15, 0.2) is 30.9 Å². The summed E-state index contributed by atoms with van der Waals surface area (Å²) in [6.07, 6.45) is -16.7. The number of hydrogen-bond donors (Lipinski definition) is 7. The first kappa shape index (κ1) is 64.3. The second-order valence-electron chi connectivity index (χ2n) is 24.2. The molecule has 25 atom stereocenters. The quantitative estimate of drug-likeness (QED) is 0.0995. The van der Waals surface area contributed by atoms with Gasteiger partial charge in [-0.2, -0.15) is 0 Å². The summed E-state index contributed by atoms with van der Waals surface area (Å²) in [5.41, 5.74) is -6.41. The van der Waals surface area contributed by atoms with Crippen LogP contribution in [-0.2, 0) is 66.4 Å². The third kappa shape index (κ3) is 12.6. The molecule has 0 spiro atoms. The van der Waals surface area contributed by atoms with E-state index in [0.717, 1.165) is 0 Å². The monoisotopic (exact) mass is 1180 g/mol. The summed E-state index contributed by atoms with van der Waals surface area (Å²) in [7, 11) is 3.02. The maximum absolute atomic E-state index is 14.4. The van der Waals surface area contributed by atoms with Gasteiger partial charge in [0.05, 0.1) is 71.5 Å². The Morgan fingerprint density at radius 1 is 0.679 bits per heavy atom. The normalized spacial score (nSPS) is 43.3. The average molecular weight is 1190 g/mol. The Bertz CT molecular complexity index is 2600. The molecule has 0 radical (unpaired) electrons. The number of rotatable bonds is 19. The van der Waals surface area contributed by atoms with E-state index in [4.69, 9.17) is 56.8 Å². The molecule has 7 aliphatic rings. The fourth-order valence-corrected chi connectivity index (χ4v) is 13.9. The number of allylic oxidation sites excluding steroid dienone is 1. The molecule has 6 fully saturated rings. The van der Waals surface area contributed by atoms with Gasteiger partial charge in [0.25, 0.3) is 0 Å². The van der Waals surface area contributed by atoms with Crippen molar-refractivity contribution in [1.29, 1.82) is 0 Å². The Morgan fingerprint density at radius 2 is 1.21 bits per heavy atom. The lowest BCUT2D eigenvalue weighted by Gasteiger charge is -2.56. The Kier molecular flexibility index (Phi) is 20.1. The molecule has 466 valence electrons. The highest BCUT2D eigenvalue weighted by Gasteiger charge is 2.67. The zero-order chi connectivity index (χ0) is 60.6. The molecule has 9 rings (SSSR count). The van der Waals surface area contributed by atoms with Crippen molar-refractivity contribution < 1.29 is 112 Å². The van der Waals surface area contributed by atoms with Crippen molar-refractivity contribution in [2.75, 3.05) is 20.8 Å². The fraction of sp³-hybridized carbons (Fsp3) is 0.705. The molecule has 4 heterocycles. The first-order chi connectivity index (χ1) is 39.9. The van der Waals surface area contributed by atoms with E-state index in [0.29, 0.717) is 6.42 Å². The maximum atomic E-state index is 14.4. The van der Waals surface area contributed by atoms with Gasteiger partial charge in [0, 0.05) is 57.7 Å². The molecule has 2 aromatic rings. The van der Waals surface area contributed by atoms with E-state index in [-0.39, 0.29) is 68.3 Å². The van der Waals surface area contributed by atoms with Crippen LogP contribution in [0.4, 0.5) is 0 Å². The molecule has 3 aliphatic carbocycles. The van der Waals surface area contributed by atoms with Gasteiger partial charge >= 0.3 is 11.9 Å². The first-order valence-electron chi connectivity index (χ1n) is 29.2. The van der Waals surface area contributed by atoms with Crippen LogP contribution in [0.5, 0.6) is 0 Å². The summed E-state index contributed by atoms with van der Waals surface area (Å²) in [5.74, 6) is -3.38. The maximum Gasteiger partial charge on any atom is 0.338 e. The summed E-state index contributed by atoms with van der Waals surface area (Å²) >= 11 is 0. The fourth-order valence-electron chi connectivity index (χ4n) is 13.9. The third-order valence-electron chi connectivity index (χ3n) is 19.3. The van der Waals surface area contributed by atoms with Crippen molar-refractivity contribution in [3.05, 3.63) is 83.9 Å². The largest absolute Gasteiger partial charge is 0.458 e. The average Bonchev–Trinajstić information content (AvgIpc) is 1.51. The van der Waals surface area contributed by atoms with Gasteiger partial charge in [-0.05, 0) is 96.7 Å². The summed E-state index contributed by atoms with van der Waals surface area (Å²) in [4.78, 5) is 56.0. The number of fused-ring (bicyclic) bond motifs is 1. The number of aliphatic hydroxyl groups is 7. The predicted molar refractivity (Wildman–Crippen MR) is 291 cm³/mol. The van der Waals surface area contributed by atoms with E-state index in [9.17, 15) is 54.9 Å². The van der Waals surface area contributed by atoms with Crippen LogP contribution in [0.3, 0.4) is 0 Å². The number of hydrogen-bond acceptors (Lipinski definition) is 23. The van der Waals surface area contributed by atoms with E-state index in [2.05, 4.69) is 0 Å². The lowest BCUT2D eigenvalue weighted by molar-refractivity contribution is -0.357. The summed E-state index contributed by atoms with van der Waals surface area (Å²) in [6, 6.07) is 16.3. The second-order valence-corrected chi connectivity index (χ2v) is 24.2. The molecule has 1 unspecified atom stereocenters. The van der Waals surface area contributed by atoms with Crippen LogP contribution in [0.15, 0.2) is 72.8 Å². The zero-order valence-corrected chi connectivity index (χ0v) is 48.8. The van der Waals surface area contributed by atoms with Crippen molar-refractivity contribution in [3.8, 4) is 0 Å². The minimum absolute atomic E-state index is 0.00188. The predicted octanol–water partition coefficient (Wildman–Crippen LogP) is 2.76. The summed E-state index contributed by atoms with van der Waals surface area (Å²) in [6.45, 7) is 9.41. The molecular formula is C61H84O23. The number of Topliss-reactive ketones (excluding diaryl/α,β-unsaturated/α-hetero) is 1. The molecule has 4 aliphatic heterocycles. The minimum Gasteiger partial charge on any atom is -0.458 e. The Labute approximate surface area is 488 Å². The highest BCUT2D eigenvalue weighted by atomic mass is 16.8. The minimum atomic E-state index is -2.05. The number of aliphatic hydroxyl groups excluding tert-OH is 5. The summed E-state index contributed by atoms with van der Waals surface area (Å²) in [5, 5.41) is 77.9. The molecule has 23 nitrogen and oxygen atoms in total. The van der Waals surface area contributed by atoms with Crippen molar-refractivity contribution in [2.24, 2.45) is 16.7 Å². The highest BCUT2D eigenvalue weighted by Crippen LogP contribution is 2.58. The van der Waals surface area contributed by atoms with Crippen molar-refractivity contribution >= 4 is 23.5 Å². The van der Waals surface area contributed by atoms with Gasteiger partial charge in [-0.1, -0.05) is 43.3 Å². The Balaban J connectivity index is 0.816. The van der Waals surface area contributed by atoms with Crippen LogP contribution < -0.4 is 0 Å². The van der Waals surface area contributed by atoms with Gasteiger partial charge in [-0.3, -0.25) is 9.59 Å². The summed E-state index contributed by atoms with van der Waals surface area (Å²) < 4.78 is 73.8. The molecule has 0 bridgehead atoms. The second kappa shape index (κ2) is 26.2. The standard InChI is InChI=1S/C61H84O23/c1-31-52(82-47-27-41(73-7)53(32(2)76-47)83-48-28-42(74-8)54(33(3)77-48)84-57-51(68)50(67)49(66)43(30-62)80-57)40(64)26-46(75-31)79-37-19-22-58(5)38(39(63)20-23-60(58,71)29-37)25-45(81-56(70)36-17-13-10-14-18-36)59(6)44(65)21-24-61(59,72)34(4)78-55(69)35-15-11-9-12-16-35/h9-18,20,23,31-34,37-38,40-43,45-54,57,62,64,66-68,71-72H,19,21-22,24-30H2,1-8H3/t31-,32-,33+,34+,37+,38?,40+,41+,42-,43-,45-,46+,47+,48+,49-,50+,51-,52-,53-,54+,57+,58-,59-,60+,61-/m1/s1. The van der Waals surface area contributed by atoms with E-state index in [1.165, 1.54) is 40.2 Å². The van der Waals surface area contributed by atoms with Gasteiger partial charge in [-0.25, -0.2) is 9.59 Å². The van der Waals surface area contributed by atoms with Crippen molar-refractivity contribution in [2.45, 2.75) is 233 Å². The topological polar surface area (TPSA) is 321 Å². The molecule has 23 heteroatoms. The molecule has 7 N–H and O–H groups in total. The number of ketones is 2. The highest BCUT2D eigenvalue weighted by molar-refractivity contribution is 5.95. The molecule has 2 aromatic carbocycles. The molecule has 2 saturated carbocycles. The molecule has 4 saturated heterocycles.